The molecule has 5 N–H and O–H groups in total. The van der Waals surface area contributed by atoms with Crippen molar-refractivity contribution in [3.05, 3.63) is 0 Å². The fourth-order valence-corrected chi connectivity index (χ4v) is 1.02. The van der Waals surface area contributed by atoms with Crippen LogP contribution < -0.4 is 11.1 Å². The smallest absolute Gasteiger partial charge is 0.323 e. The Morgan fingerprint density at radius 1 is 1.64 bits per heavy atom. The lowest BCUT2D eigenvalue weighted by molar-refractivity contribution is -0.142. The van der Waals surface area contributed by atoms with E-state index in [9.17, 15) is 4.79 Å². The van der Waals surface area contributed by atoms with Gasteiger partial charge in [0.25, 0.3) is 0 Å². The van der Waals surface area contributed by atoms with E-state index >= 15 is 0 Å². The van der Waals surface area contributed by atoms with E-state index < -0.39 is 11.5 Å². The zero-order valence-corrected chi connectivity index (χ0v) is 8.55. The van der Waals surface area contributed by atoms with Gasteiger partial charge in [0.2, 0.25) is 0 Å². The third kappa shape index (κ3) is 5.66. The van der Waals surface area contributed by atoms with E-state index in [0.717, 1.165) is 19.4 Å². The molecule has 0 heterocycles. The van der Waals surface area contributed by atoms with Gasteiger partial charge in [0.1, 0.15) is 5.54 Å². The Labute approximate surface area is 84.2 Å². The average molecular weight is 201 g/mol. The predicted octanol–water partition coefficient (Wildman–Crippen LogP) is 0.198. The Morgan fingerprint density at radius 2 is 2.29 bits per heavy atom. The summed E-state index contributed by atoms with van der Waals surface area (Å²) >= 11 is 0. The van der Waals surface area contributed by atoms with Crippen LogP contribution in [0.4, 0.5) is 0 Å². The first-order valence-electron chi connectivity index (χ1n) is 4.72. The molecular formula is C9H19N3O2. The quantitative estimate of drug-likeness (QED) is 0.333. The van der Waals surface area contributed by atoms with Crippen molar-refractivity contribution in [1.82, 2.24) is 5.32 Å². The molecule has 0 unspecified atom stereocenters. The van der Waals surface area contributed by atoms with Crippen molar-refractivity contribution < 1.29 is 9.90 Å². The maximum Gasteiger partial charge on any atom is 0.323 e. The van der Waals surface area contributed by atoms with Gasteiger partial charge in [-0.25, -0.2) is 0 Å². The highest BCUT2D eigenvalue weighted by atomic mass is 16.4. The Balaban J connectivity index is 3.44. The molecule has 82 valence electrons. The van der Waals surface area contributed by atoms with Crippen molar-refractivity contribution in [2.24, 2.45) is 5.73 Å². The Morgan fingerprint density at radius 3 is 2.79 bits per heavy atom. The van der Waals surface area contributed by atoms with Crippen molar-refractivity contribution in [3.63, 3.8) is 0 Å². The first kappa shape index (κ1) is 13.1. The number of carboxylic acid groups (broad SMARTS) is 1. The lowest BCUT2D eigenvalue weighted by Crippen LogP contribution is -2.44. The fraction of sp³-hybridized carbons (Fsp3) is 0.778. The second-order valence-electron chi connectivity index (χ2n) is 3.59. The van der Waals surface area contributed by atoms with Crippen LogP contribution in [0.2, 0.25) is 0 Å². The Kier molecular flexibility index (Phi) is 6.07. The number of carbonyl (C=O) groups is 1. The molecule has 1 atom stereocenters. The molecule has 0 aliphatic carbocycles. The normalized spacial score (nSPS) is 14.7. The molecule has 0 fully saturated rings. The lowest BCUT2D eigenvalue weighted by Gasteiger charge is -2.18. The highest BCUT2D eigenvalue weighted by Gasteiger charge is 2.26. The standard InChI is InChI=1S/C9H19N3O2/c1-9(11,8(13)14)4-2-3-6-12-7-5-10/h5,10,12H,2-4,6-7,11H2,1H3,(H,13,14)/t9-/m0/s1. The minimum atomic E-state index is -1.11. The summed E-state index contributed by atoms with van der Waals surface area (Å²) in [5, 5.41) is 18.5. The van der Waals surface area contributed by atoms with Crippen LogP contribution in [0.5, 0.6) is 0 Å². The molecule has 14 heavy (non-hydrogen) atoms. The summed E-state index contributed by atoms with van der Waals surface area (Å²) in [5.41, 5.74) is 4.43. The van der Waals surface area contributed by atoms with Crippen molar-refractivity contribution in [2.75, 3.05) is 13.1 Å². The van der Waals surface area contributed by atoms with Crippen molar-refractivity contribution >= 4 is 12.2 Å². The summed E-state index contributed by atoms with van der Waals surface area (Å²) < 4.78 is 0. The van der Waals surface area contributed by atoms with Crippen LogP contribution in [0.15, 0.2) is 0 Å². The second kappa shape index (κ2) is 6.50. The number of rotatable bonds is 8. The molecule has 0 aliphatic rings. The first-order chi connectivity index (χ1) is 6.50. The zero-order valence-electron chi connectivity index (χ0n) is 8.55. The molecule has 0 radical (unpaired) electrons. The maximum atomic E-state index is 10.6. The van der Waals surface area contributed by atoms with Gasteiger partial charge in [0, 0.05) is 12.8 Å². The van der Waals surface area contributed by atoms with E-state index in [4.69, 9.17) is 16.2 Å². The second-order valence-corrected chi connectivity index (χ2v) is 3.59. The predicted molar refractivity (Wildman–Crippen MR) is 55.7 cm³/mol. The highest BCUT2D eigenvalue weighted by Crippen LogP contribution is 2.10. The van der Waals surface area contributed by atoms with E-state index in [0.29, 0.717) is 13.0 Å². The van der Waals surface area contributed by atoms with Gasteiger partial charge in [-0.1, -0.05) is 0 Å². The Hall–Kier alpha value is -0.940. The SMILES string of the molecule is C[C@](N)(CCCCNCC=N)C(=O)O. The molecule has 0 amide bonds. The number of hydrogen-bond donors (Lipinski definition) is 4. The van der Waals surface area contributed by atoms with Gasteiger partial charge < -0.3 is 21.6 Å². The molecular weight excluding hydrogens is 182 g/mol. The average Bonchev–Trinajstić information content (AvgIpc) is 2.10. The van der Waals surface area contributed by atoms with Crippen LogP contribution in [0.25, 0.3) is 0 Å². The summed E-state index contributed by atoms with van der Waals surface area (Å²) in [6.07, 6.45) is 3.44. The number of nitrogens with one attached hydrogen (secondary N) is 2. The molecule has 0 bridgehead atoms. The summed E-state index contributed by atoms with van der Waals surface area (Å²) in [6.45, 7) is 2.89. The molecule has 0 aromatic heterocycles. The van der Waals surface area contributed by atoms with Crippen LogP contribution in [0.3, 0.4) is 0 Å². The van der Waals surface area contributed by atoms with Gasteiger partial charge in [-0.3, -0.25) is 4.79 Å². The molecule has 0 saturated carbocycles. The van der Waals surface area contributed by atoms with Crippen LogP contribution in [-0.4, -0.2) is 35.9 Å². The summed E-state index contributed by atoms with van der Waals surface area (Å²) in [7, 11) is 0. The first-order valence-corrected chi connectivity index (χ1v) is 4.72. The van der Waals surface area contributed by atoms with E-state index in [1.165, 1.54) is 13.1 Å². The molecule has 5 nitrogen and oxygen atoms in total. The number of aliphatic carboxylic acids is 1. The van der Waals surface area contributed by atoms with Crippen LogP contribution >= 0.6 is 0 Å². The molecule has 0 aliphatic heterocycles. The van der Waals surface area contributed by atoms with E-state index in [2.05, 4.69) is 5.32 Å². The number of nitrogens with two attached hydrogens (primary N) is 1. The molecule has 0 spiro atoms. The topological polar surface area (TPSA) is 99.2 Å². The minimum absolute atomic E-state index is 0.481. The summed E-state index contributed by atoms with van der Waals surface area (Å²) in [4.78, 5) is 10.6. The molecule has 0 saturated heterocycles. The van der Waals surface area contributed by atoms with E-state index in [-0.39, 0.29) is 0 Å². The van der Waals surface area contributed by atoms with Gasteiger partial charge in [0.05, 0.1) is 0 Å². The largest absolute Gasteiger partial charge is 0.480 e. The summed E-state index contributed by atoms with van der Waals surface area (Å²) in [6, 6.07) is 0. The molecule has 0 rings (SSSR count). The van der Waals surface area contributed by atoms with Gasteiger partial charge in [-0.2, -0.15) is 0 Å². The van der Waals surface area contributed by atoms with E-state index in [1.807, 2.05) is 0 Å². The zero-order chi connectivity index (χ0) is 11.0. The third-order valence-electron chi connectivity index (χ3n) is 2.03. The van der Waals surface area contributed by atoms with E-state index in [1.54, 1.807) is 0 Å². The van der Waals surface area contributed by atoms with Crippen molar-refractivity contribution in [1.29, 1.82) is 5.41 Å². The maximum absolute atomic E-state index is 10.6. The van der Waals surface area contributed by atoms with Crippen molar-refractivity contribution in [2.45, 2.75) is 31.7 Å². The lowest BCUT2D eigenvalue weighted by atomic mass is 9.96. The van der Waals surface area contributed by atoms with Gasteiger partial charge in [0.15, 0.2) is 0 Å². The Bertz CT molecular complexity index is 192. The summed E-state index contributed by atoms with van der Waals surface area (Å²) in [5.74, 6) is -0.954. The van der Waals surface area contributed by atoms with Crippen LogP contribution in [0.1, 0.15) is 26.2 Å². The van der Waals surface area contributed by atoms with Gasteiger partial charge in [-0.05, 0) is 32.7 Å². The van der Waals surface area contributed by atoms with Gasteiger partial charge >= 0.3 is 5.97 Å². The third-order valence-corrected chi connectivity index (χ3v) is 2.03. The highest BCUT2D eigenvalue weighted by molar-refractivity contribution is 5.77. The molecule has 0 aromatic carbocycles. The molecule has 0 aromatic rings. The number of hydrogen-bond acceptors (Lipinski definition) is 4. The monoisotopic (exact) mass is 201 g/mol. The number of unbranched alkanes of at least 4 members (excludes halogenated alkanes) is 1. The minimum Gasteiger partial charge on any atom is -0.480 e. The van der Waals surface area contributed by atoms with Crippen molar-refractivity contribution in [3.8, 4) is 0 Å². The van der Waals surface area contributed by atoms with Crippen LogP contribution in [0, 0.1) is 5.41 Å². The number of carboxylic acids is 1. The molecule has 5 heteroatoms. The van der Waals surface area contributed by atoms with Crippen LogP contribution in [-0.2, 0) is 4.79 Å². The van der Waals surface area contributed by atoms with Gasteiger partial charge in [-0.15, -0.1) is 0 Å². The fourth-order valence-electron chi connectivity index (χ4n) is 1.02.